The molecule has 0 saturated heterocycles. The summed E-state index contributed by atoms with van der Waals surface area (Å²) < 4.78 is 28.7. The maximum absolute atomic E-state index is 13.8. The average Bonchev–Trinajstić information content (AvgIpc) is 2.58. The minimum atomic E-state index is -1.28. The number of hydrogen-bond acceptors (Lipinski definition) is 2. The summed E-state index contributed by atoms with van der Waals surface area (Å²) in [7, 11) is 1.49. The fourth-order valence-electron chi connectivity index (χ4n) is 1.76. The van der Waals surface area contributed by atoms with Crippen LogP contribution in [0.1, 0.15) is 15.9 Å². The Morgan fingerprint density at radius 1 is 1.33 bits per heavy atom. The second-order valence-corrected chi connectivity index (χ2v) is 3.97. The van der Waals surface area contributed by atoms with Gasteiger partial charge < -0.3 is 5.11 Å². The number of carboxylic acid groups (broad SMARTS) is 1. The van der Waals surface area contributed by atoms with E-state index in [4.69, 9.17) is 5.11 Å². The van der Waals surface area contributed by atoms with Gasteiger partial charge >= 0.3 is 5.97 Å². The molecule has 0 radical (unpaired) electrons. The third-order valence-electron chi connectivity index (χ3n) is 2.48. The molecule has 0 fully saturated rings. The molecule has 2 aromatic rings. The Hall–Kier alpha value is -2.24. The number of benzene rings is 1. The van der Waals surface area contributed by atoms with E-state index in [1.165, 1.54) is 17.9 Å². The van der Waals surface area contributed by atoms with Gasteiger partial charge in [-0.2, -0.15) is 5.10 Å². The van der Waals surface area contributed by atoms with Crippen molar-refractivity contribution in [2.24, 2.45) is 7.05 Å². The van der Waals surface area contributed by atoms with Crippen molar-refractivity contribution in [1.29, 1.82) is 0 Å². The second kappa shape index (κ2) is 4.21. The number of carbonyl (C=O) groups is 1. The lowest BCUT2D eigenvalue weighted by Gasteiger charge is -2.04. The first kappa shape index (κ1) is 12.2. The van der Waals surface area contributed by atoms with Gasteiger partial charge in [0.2, 0.25) is 0 Å². The first-order valence-electron chi connectivity index (χ1n) is 5.13. The third-order valence-corrected chi connectivity index (χ3v) is 2.48. The van der Waals surface area contributed by atoms with Crippen LogP contribution in [0.4, 0.5) is 8.78 Å². The molecule has 94 valence electrons. The SMILES string of the molecule is Cc1cc(F)c(-c2nn(C)cc2C(=O)O)c(F)c1. The topological polar surface area (TPSA) is 55.1 Å². The summed E-state index contributed by atoms with van der Waals surface area (Å²) in [5.41, 5.74) is -0.445. The van der Waals surface area contributed by atoms with E-state index in [-0.39, 0.29) is 11.3 Å². The Balaban J connectivity index is 2.73. The van der Waals surface area contributed by atoms with Crippen LogP contribution >= 0.6 is 0 Å². The summed E-state index contributed by atoms with van der Waals surface area (Å²) in [4.78, 5) is 11.0. The summed E-state index contributed by atoms with van der Waals surface area (Å²) in [5.74, 6) is -2.93. The Morgan fingerprint density at radius 3 is 2.39 bits per heavy atom. The molecule has 0 bridgehead atoms. The molecule has 1 aromatic carbocycles. The van der Waals surface area contributed by atoms with E-state index in [9.17, 15) is 13.6 Å². The number of aromatic carboxylic acids is 1. The quantitative estimate of drug-likeness (QED) is 0.892. The average molecular weight is 252 g/mol. The predicted octanol–water partition coefficient (Wildman–Crippen LogP) is 2.37. The minimum absolute atomic E-state index is 0.208. The predicted molar refractivity (Wildman–Crippen MR) is 60.3 cm³/mol. The molecule has 0 aliphatic carbocycles. The summed E-state index contributed by atoms with van der Waals surface area (Å²) >= 11 is 0. The molecule has 1 heterocycles. The molecular weight excluding hydrogens is 242 g/mol. The normalized spacial score (nSPS) is 10.7. The van der Waals surface area contributed by atoms with Crippen LogP contribution in [0.15, 0.2) is 18.3 Å². The zero-order valence-corrected chi connectivity index (χ0v) is 9.74. The maximum atomic E-state index is 13.8. The van der Waals surface area contributed by atoms with Crippen LogP contribution in [0.25, 0.3) is 11.3 Å². The van der Waals surface area contributed by atoms with Gasteiger partial charge in [-0.25, -0.2) is 13.6 Å². The Morgan fingerprint density at radius 2 is 1.89 bits per heavy atom. The molecule has 4 nitrogen and oxygen atoms in total. The number of hydrogen-bond donors (Lipinski definition) is 1. The van der Waals surface area contributed by atoms with Crippen molar-refractivity contribution in [3.05, 3.63) is 41.1 Å². The monoisotopic (exact) mass is 252 g/mol. The van der Waals surface area contributed by atoms with Crippen molar-refractivity contribution in [2.45, 2.75) is 6.92 Å². The maximum Gasteiger partial charge on any atom is 0.339 e. The van der Waals surface area contributed by atoms with Crippen molar-refractivity contribution in [1.82, 2.24) is 9.78 Å². The first-order chi connectivity index (χ1) is 8.40. The summed E-state index contributed by atoms with van der Waals surface area (Å²) in [6.45, 7) is 1.55. The summed E-state index contributed by atoms with van der Waals surface area (Å²) in [6, 6.07) is 2.28. The van der Waals surface area contributed by atoms with E-state index in [1.54, 1.807) is 6.92 Å². The highest BCUT2D eigenvalue weighted by molar-refractivity contribution is 5.94. The smallest absolute Gasteiger partial charge is 0.339 e. The molecule has 0 aliphatic heterocycles. The number of aryl methyl sites for hydroxylation is 2. The van der Waals surface area contributed by atoms with Gasteiger partial charge in [0.15, 0.2) is 0 Å². The van der Waals surface area contributed by atoms with Crippen molar-refractivity contribution in [3.8, 4) is 11.3 Å². The highest BCUT2D eigenvalue weighted by Gasteiger charge is 2.22. The fourth-order valence-corrected chi connectivity index (χ4v) is 1.76. The van der Waals surface area contributed by atoms with Gasteiger partial charge in [0.05, 0.1) is 5.56 Å². The lowest BCUT2D eigenvalue weighted by Crippen LogP contribution is -2.00. The largest absolute Gasteiger partial charge is 0.478 e. The lowest BCUT2D eigenvalue weighted by atomic mass is 10.0. The van der Waals surface area contributed by atoms with Crippen LogP contribution in [0.2, 0.25) is 0 Å². The van der Waals surface area contributed by atoms with Gasteiger partial charge in [-0.3, -0.25) is 4.68 Å². The molecule has 0 aliphatic rings. The van der Waals surface area contributed by atoms with Gasteiger partial charge in [0.25, 0.3) is 0 Å². The number of rotatable bonds is 2. The Labute approximate surface area is 101 Å². The van der Waals surface area contributed by atoms with Gasteiger partial charge in [-0.05, 0) is 24.6 Å². The van der Waals surface area contributed by atoms with E-state index in [0.717, 1.165) is 12.1 Å². The van der Waals surface area contributed by atoms with Crippen LogP contribution in [-0.2, 0) is 7.05 Å². The molecule has 0 unspecified atom stereocenters. The van der Waals surface area contributed by atoms with Crippen molar-refractivity contribution >= 4 is 5.97 Å². The zero-order valence-electron chi connectivity index (χ0n) is 9.74. The minimum Gasteiger partial charge on any atom is -0.478 e. The van der Waals surface area contributed by atoms with Crippen LogP contribution in [0, 0.1) is 18.6 Å². The molecule has 1 N–H and O–H groups in total. The van der Waals surface area contributed by atoms with Gasteiger partial charge in [-0.15, -0.1) is 0 Å². The molecule has 0 atom stereocenters. The molecule has 0 amide bonds. The number of aromatic nitrogens is 2. The van der Waals surface area contributed by atoms with Crippen LogP contribution in [0.3, 0.4) is 0 Å². The van der Waals surface area contributed by atoms with Crippen molar-refractivity contribution < 1.29 is 18.7 Å². The highest BCUT2D eigenvalue weighted by Crippen LogP contribution is 2.28. The van der Waals surface area contributed by atoms with E-state index >= 15 is 0 Å². The molecule has 6 heteroatoms. The molecule has 0 spiro atoms. The van der Waals surface area contributed by atoms with Gasteiger partial charge in [0.1, 0.15) is 22.9 Å². The summed E-state index contributed by atoms with van der Waals surface area (Å²) in [6.07, 6.45) is 1.20. The summed E-state index contributed by atoms with van der Waals surface area (Å²) in [5, 5.41) is 12.8. The Bertz CT molecular complexity index is 612. The molecule has 2 rings (SSSR count). The zero-order chi connectivity index (χ0) is 13.4. The van der Waals surface area contributed by atoms with Crippen LogP contribution in [0.5, 0.6) is 0 Å². The number of halogens is 2. The van der Waals surface area contributed by atoms with Crippen molar-refractivity contribution in [3.63, 3.8) is 0 Å². The first-order valence-corrected chi connectivity index (χ1v) is 5.13. The van der Waals surface area contributed by atoms with Crippen LogP contribution < -0.4 is 0 Å². The van der Waals surface area contributed by atoms with E-state index in [1.807, 2.05) is 0 Å². The standard InChI is InChI=1S/C12H10F2N2O2/c1-6-3-8(13)10(9(14)4-6)11-7(12(17)18)5-16(2)15-11/h3-5H,1-2H3,(H,17,18). The molecular formula is C12H10F2N2O2. The van der Waals surface area contributed by atoms with E-state index < -0.39 is 23.2 Å². The van der Waals surface area contributed by atoms with Crippen LogP contribution in [-0.4, -0.2) is 20.9 Å². The highest BCUT2D eigenvalue weighted by atomic mass is 19.1. The van der Waals surface area contributed by atoms with Gasteiger partial charge in [-0.1, -0.05) is 0 Å². The van der Waals surface area contributed by atoms with Gasteiger partial charge in [0, 0.05) is 13.2 Å². The van der Waals surface area contributed by atoms with E-state index in [2.05, 4.69) is 5.10 Å². The molecule has 0 saturated carbocycles. The number of nitrogens with zero attached hydrogens (tertiary/aromatic N) is 2. The second-order valence-electron chi connectivity index (χ2n) is 3.97. The van der Waals surface area contributed by atoms with E-state index in [0.29, 0.717) is 5.56 Å². The molecule has 1 aromatic heterocycles. The lowest BCUT2D eigenvalue weighted by molar-refractivity contribution is 0.0697. The van der Waals surface area contributed by atoms with Crippen molar-refractivity contribution in [2.75, 3.05) is 0 Å². The number of carboxylic acids is 1. The Kier molecular flexibility index (Phi) is 2.86. The molecule has 18 heavy (non-hydrogen) atoms. The third kappa shape index (κ3) is 1.97. The fraction of sp³-hybridized carbons (Fsp3) is 0.167.